The normalized spacial score (nSPS) is 15.6. The minimum Gasteiger partial charge on any atom is -0.465 e. The lowest BCUT2D eigenvalue weighted by atomic mass is 9.84. The van der Waals surface area contributed by atoms with Crippen molar-refractivity contribution in [3.63, 3.8) is 0 Å². The lowest BCUT2D eigenvalue weighted by Gasteiger charge is -2.39. The number of nitrogens with zero attached hydrogens (tertiary/aromatic N) is 5. The van der Waals surface area contributed by atoms with E-state index in [1.54, 1.807) is 60.7 Å². The number of hydrogen-bond donors (Lipinski definition) is 1. The summed E-state index contributed by atoms with van der Waals surface area (Å²) in [5.41, 5.74) is 6.59. The minimum atomic E-state index is -0.456. The number of piperidine rings is 2. The van der Waals surface area contributed by atoms with Crippen molar-refractivity contribution in [3.05, 3.63) is 113 Å². The molecule has 10 nitrogen and oxygen atoms in total. The smallest absolute Gasteiger partial charge is 0.337 e. The Morgan fingerprint density at radius 1 is 0.661 bits per heavy atom. The van der Waals surface area contributed by atoms with Crippen molar-refractivity contribution >= 4 is 51.4 Å². The Labute approximate surface area is 348 Å². The number of benzene rings is 4. The first kappa shape index (κ1) is 43.0. The number of carbonyl (C=O) groups is 2. The number of carbonyl (C=O) groups excluding carboxylic acids is 2. The molecule has 0 aliphatic carbocycles. The van der Waals surface area contributed by atoms with E-state index in [9.17, 15) is 18.4 Å². The van der Waals surface area contributed by atoms with Crippen LogP contribution in [0.1, 0.15) is 74.1 Å². The van der Waals surface area contributed by atoms with Gasteiger partial charge in [-0.05, 0) is 128 Å². The fourth-order valence-corrected chi connectivity index (χ4v) is 7.43. The zero-order chi connectivity index (χ0) is 42.3. The van der Waals surface area contributed by atoms with Gasteiger partial charge in [0.2, 0.25) is 0 Å². The Hall–Kier alpha value is -5.59. The molecule has 0 radical (unpaired) electrons. The number of methoxy groups -OCH3 is 2. The highest BCUT2D eigenvalue weighted by Gasteiger charge is 2.29. The number of anilines is 1. The predicted octanol–water partition coefficient (Wildman–Crippen LogP) is 10.1. The molecular formula is C46H49ClF2N6O4. The first-order valence-electron chi connectivity index (χ1n) is 19.6. The van der Waals surface area contributed by atoms with Crippen molar-refractivity contribution in [2.75, 3.05) is 45.3 Å². The number of nitrogens with one attached hydrogen (secondary N) is 1. The van der Waals surface area contributed by atoms with E-state index in [4.69, 9.17) is 26.3 Å². The molecule has 0 unspecified atom stereocenters. The van der Waals surface area contributed by atoms with Crippen molar-refractivity contribution < 1.29 is 27.8 Å². The summed E-state index contributed by atoms with van der Waals surface area (Å²) in [7, 11) is 2.67. The molecule has 13 heteroatoms. The zero-order valence-electron chi connectivity index (χ0n) is 34.2. The van der Waals surface area contributed by atoms with E-state index in [-0.39, 0.29) is 22.2 Å². The summed E-state index contributed by atoms with van der Waals surface area (Å²) in [6.07, 6.45) is 4.97. The summed E-state index contributed by atoms with van der Waals surface area (Å²) < 4.78 is 36.0. The van der Waals surface area contributed by atoms with Crippen molar-refractivity contribution in [2.45, 2.75) is 53.4 Å². The van der Waals surface area contributed by atoms with Gasteiger partial charge in [-0.2, -0.15) is 0 Å². The number of rotatable bonds is 5. The molecule has 0 amide bonds. The lowest BCUT2D eigenvalue weighted by molar-refractivity contribution is 0.0592. The van der Waals surface area contributed by atoms with Gasteiger partial charge in [-0.25, -0.2) is 38.3 Å². The molecule has 1 N–H and O–H groups in total. The maximum Gasteiger partial charge on any atom is 0.337 e. The van der Waals surface area contributed by atoms with Gasteiger partial charge < -0.3 is 19.7 Å². The highest BCUT2D eigenvalue weighted by Crippen LogP contribution is 2.36. The molecule has 0 spiro atoms. The van der Waals surface area contributed by atoms with Crippen LogP contribution in [0.3, 0.4) is 0 Å². The molecule has 0 saturated carbocycles. The Kier molecular flexibility index (Phi) is 13.5. The molecule has 2 aromatic heterocycles. The van der Waals surface area contributed by atoms with E-state index in [1.165, 1.54) is 64.4 Å². The number of halogens is 3. The van der Waals surface area contributed by atoms with Crippen LogP contribution in [0, 0.1) is 22.5 Å². The van der Waals surface area contributed by atoms with Crippen LogP contribution in [-0.2, 0) is 9.47 Å². The second-order valence-corrected chi connectivity index (χ2v) is 16.7. The molecule has 8 rings (SSSR count). The third-order valence-electron chi connectivity index (χ3n) is 10.4. The quantitative estimate of drug-likeness (QED) is 0.168. The van der Waals surface area contributed by atoms with Crippen molar-refractivity contribution in [1.82, 2.24) is 25.3 Å². The summed E-state index contributed by atoms with van der Waals surface area (Å²) in [5.74, 6) is -0.722. The van der Waals surface area contributed by atoms with E-state index in [2.05, 4.69) is 52.6 Å². The molecule has 2 aliphatic heterocycles. The Balaban J connectivity index is 0.000000171. The fraction of sp³-hybridized carbons (Fsp3) is 0.348. The van der Waals surface area contributed by atoms with Crippen LogP contribution in [0.25, 0.3) is 44.6 Å². The Morgan fingerprint density at radius 3 is 1.64 bits per heavy atom. The van der Waals surface area contributed by atoms with Crippen LogP contribution in [0.2, 0.25) is 5.15 Å². The highest BCUT2D eigenvalue weighted by molar-refractivity contribution is 6.32. The summed E-state index contributed by atoms with van der Waals surface area (Å²) in [6, 6.07) is 22.1. The van der Waals surface area contributed by atoms with Crippen LogP contribution in [0.5, 0.6) is 0 Å². The van der Waals surface area contributed by atoms with Crippen molar-refractivity contribution in [3.8, 4) is 22.5 Å². The predicted molar refractivity (Wildman–Crippen MR) is 229 cm³/mol. The van der Waals surface area contributed by atoms with E-state index in [1.807, 2.05) is 0 Å². The van der Waals surface area contributed by atoms with Gasteiger partial charge in [0.25, 0.3) is 0 Å². The largest absolute Gasteiger partial charge is 0.465 e. The van der Waals surface area contributed by atoms with Crippen LogP contribution in [-0.4, -0.2) is 72.3 Å². The van der Waals surface area contributed by atoms with Gasteiger partial charge in [-0.15, -0.1) is 0 Å². The average Bonchev–Trinajstić information content (AvgIpc) is 3.22. The van der Waals surface area contributed by atoms with E-state index in [0.29, 0.717) is 49.9 Å². The third kappa shape index (κ3) is 10.9. The molecular weight excluding hydrogens is 774 g/mol. The highest BCUT2D eigenvalue weighted by atomic mass is 35.5. The third-order valence-corrected chi connectivity index (χ3v) is 10.6. The van der Waals surface area contributed by atoms with Gasteiger partial charge in [0.05, 0.1) is 47.4 Å². The molecule has 59 heavy (non-hydrogen) atoms. The number of hydrogen-bond acceptors (Lipinski definition) is 10. The number of fused-ring (bicyclic) bond motifs is 2. The molecule has 6 aromatic rings. The maximum absolute atomic E-state index is 13.5. The van der Waals surface area contributed by atoms with Gasteiger partial charge in [0.1, 0.15) is 23.0 Å². The second-order valence-electron chi connectivity index (χ2n) is 16.3. The molecule has 308 valence electrons. The van der Waals surface area contributed by atoms with Gasteiger partial charge in [-0.1, -0.05) is 39.3 Å². The molecule has 0 bridgehead atoms. The monoisotopic (exact) mass is 822 g/mol. The second kappa shape index (κ2) is 18.6. The van der Waals surface area contributed by atoms with Gasteiger partial charge >= 0.3 is 11.9 Å². The van der Waals surface area contributed by atoms with Gasteiger partial charge in [0.15, 0.2) is 11.0 Å². The molecule has 4 heterocycles. The Bertz CT molecular complexity index is 2440. The zero-order valence-corrected chi connectivity index (χ0v) is 35.0. The summed E-state index contributed by atoms with van der Waals surface area (Å²) in [4.78, 5) is 44.1. The number of aromatic nitrogens is 4. The topological polar surface area (TPSA) is 119 Å². The van der Waals surface area contributed by atoms with Crippen LogP contribution >= 0.6 is 11.6 Å². The molecule has 2 aliphatic rings. The molecule has 4 aromatic carbocycles. The van der Waals surface area contributed by atoms with Gasteiger partial charge in [0, 0.05) is 30.8 Å². The maximum atomic E-state index is 13.5. The van der Waals surface area contributed by atoms with Crippen molar-refractivity contribution in [1.29, 1.82) is 0 Å². The van der Waals surface area contributed by atoms with E-state index in [0.717, 1.165) is 43.0 Å². The molecule has 2 saturated heterocycles. The summed E-state index contributed by atoms with van der Waals surface area (Å²) >= 11 is 6.16. The number of ether oxygens (including phenoxy) is 2. The number of esters is 2. The Morgan fingerprint density at radius 2 is 1.17 bits per heavy atom. The molecule has 0 atom stereocenters. The van der Waals surface area contributed by atoms with Gasteiger partial charge in [-0.3, -0.25) is 0 Å². The van der Waals surface area contributed by atoms with Crippen LogP contribution < -0.4 is 10.2 Å². The lowest BCUT2D eigenvalue weighted by Crippen LogP contribution is -2.40. The van der Waals surface area contributed by atoms with Crippen LogP contribution in [0.15, 0.2) is 84.9 Å². The average molecular weight is 823 g/mol. The SMILES string of the molecule is CC1(C)CCCNC1.COC(=O)c1ccc2nc(-c3ccc(F)cc3)c(Cl)nc2c1.COC(=O)c1ccc2nc(-c3ccc(F)cc3)c(N3CCCC(C)(C)C3)nc2c1. The van der Waals surface area contributed by atoms with Crippen LogP contribution in [0.4, 0.5) is 14.6 Å². The summed E-state index contributed by atoms with van der Waals surface area (Å²) in [6.45, 7) is 13.3. The minimum absolute atomic E-state index is 0.169. The fourth-order valence-electron chi connectivity index (χ4n) is 7.19. The first-order chi connectivity index (χ1) is 28.1. The molecule has 2 fully saturated rings. The summed E-state index contributed by atoms with van der Waals surface area (Å²) in [5, 5.41) is 3.56. The first-order valence-corrected chi connectivity index (χ1v) is 20.0. The van der Waals surface area contributed by atoms with E-state index < -0.39 is 11.9 Å². The standard InChI is InChI=1S/C23H24FN3O2.C16H10ClFN2O2.C7H15N/c1-23(2)11-4-12-27(14-23)21-20(15-5-8-17(24)9-6-15)25-18-10-7-16(22(28)29-3)13-19(18)26-21;1-22-16(21)10-4-7-12-13(8-10)20-15(17)14(19-12)9-2-5-11(18)6-3-9;1-7(2)4-3-5-8-6-7/h5-10,13H,4,11-12,14H2,1-3H3;2-8H,1H3;8H,3-6H2,1-2H3. The van der Waals surface area contributed by atoms with E-state index >= 15 is 0 Å². The van der Waals surface area contributed by atoms with Crippen molar-refractivity contribution in [2.24, 2.45) is 10.8 Å².